The summed E-state index contributed by atoms with van der Waals surface area (Å²) < 4.78 is 49.0. The average Bonchev–Trinajstić information content (AvgIpc) is 2.85. The molecule has 0 aliphatic rings. The summed E-state index contributed by atoms with van der Waals surface area (Å²) in [6.45, 7) is 0. The van der Waals surface area contributed by atoms with Crippen LogP contribution >= 0.6 is 11.6 Å². The molecule has 0 aromatic heterocycles. The van der Waals surface area contributed by atoms with E-state index >= 15 is 0 Å². The summed E-state index contributed by atoms with van der Waals surface area (Å²) in [5, 5.41) is 5.45. The van der Waals surface area contributed by atoms with Gasteiger partial charge in [0.05, 0.1) is 35.2 Å². The van der Waals surface area contributed by atoms with Crippen LogP contribution < -0.4 is 20.2 Å². The van der Waals surface area contributed by atoms with E-state index in [1.54, 1.807) is 24.3 Å². The second kappa shape index (κ2) is 11.4. The quantitative estimate of drug-likeness (QED) is 0.162. The molecule has 186 valence electrons. The molecule has 0 radical (unpaired) electrons. The first-order valence-corrected chi connectivity index (χ1v) is 10.4. The van der Waals surface area contributed by atoms with Gasteiger partial charge in [-0.15, -0.1) is 0 Å². The molecule has 0 aliphatic heterocycles. The molecular formula is C24H17ClF3N3O5. The smallest absolute Gasteiger partial charge is 0.416 e. The number of esters is 1. The largest absolute Gasteiger partial charge is 0.497 e. The van der Waals surface area contributed by atoms with E-state index in [-0.39, 0.29) is 16.3 Å². The van der Waals surface area contributed by atoms with E-state index in [2.05, 4.69) is 5.10 Å². The first kappa shape index (κ1) is 26.2. The van der Waals surface area contributed by atoms with Crippen molar-refractivity contribution < 1.29 is 37.0 Å². The third-order valence-corrected chi connectivity index (χ3v) is 4.89. The minimum atomic E-state index is -4.67. The molecule has 3 rings (SSSR count). The summed E-state index contributed by atoms with van der Waals surface area (Å²) in [5.74, 6) is -2.54. The minimum Gasteiger partial charge on any atom is -0.497 e. The van der Waals surface area contributed by atoms with E-state index in [1.807, 2.05) is 10.7 Å². The fraction of sp³-hybridized carbons (Fsp3) is 0.0833. The molecule has 0 aliphatic carbocycles. The number of nitrogens with one attached hydrogen (secondary N) is 2. The lowest BCUT2D eigenvalue weighted by atomic mass is 10.2. The number of hydrogen-bond donors (Lipinski definition) is 2. The van der Waals surface area contributed by atoms with Crippen molar-refractivity contribution in [2.24, 2.45) is 5.10 Å². The van der Waals surface area contributed by atoms with Crippen LogP contribution in [-0.4, -0.2) is 31.1 Å². The highest BCUT2D eigenvalue weighted by atomic mass is 35.5. The van der Waals surface area contributed by atoms with Gasteiger partial charge in [0.2, 0.25) is 0 Å². The molecule has 8 nitrogen and oxygen atoms in total. The second-order valence-corrected chi connectivity index (χ2v) is 7.41. The Bertz CT molecular complexity index is 1310. The number of alkyl halides is 3. The number of para-hydroxylation sites is 1. The molecule has 3 aromatic carbocycles. The third kappa shape index (κ3) is 6.83. The Morgan fingerprint density at radius 1 is 0.972 bits per heavy atom. The van der Waals surface area contributed by atoms with Crippen LogP contribution in [-0.2, 0) is 15.8 Å². The van der Waals surface area contributed by atoms with Crippen molar-refractivity contribution in [3.05, 3.63) is 88.4 Å². The van der Waals surface area contributed by atoms with Gasteiger partial charge in [-0.1, -0.05) is 23.7 Å². The number of hydrogen-bond acceptors (Lipinski definition) is 6. The lowest BCUT2D eigenvalue weighted by Crippen LogP contribution is -2.32. The van der Waals surface area contributed by atoms with E-state index in [4.69, 9.17) is 21.1 Å². The third-order valence-electron chi connectivity index (χ3n) is 4.57. The van der Waals surface area contributed by atoms with E-state index in [1.165, 1.54) is 31.4 Å². The zero-order valence-corrected chi connectivity index (χ0v) is 19.2. The normalized spacial score (nSPS) is 11.1. The molecule has 0 heterocycles. The predicted molar refractivity (Wildman–Crippen MR) is 125 cm³/mol. The molecule has 2 N–H and O–H groups in total. The number of halogens is 4. The Morgan fingerprint density at radius 3 is 2.33 bits per heavy atom. The lowest BCUT2D eigenvalue weighted by Gasteiger charge is -2.11. The van der Waals surface area contributed by atoms with Crippen molar-refractivity contribution >= 4 is 41.3 Å². The summed E-state index contributed by atoms with van der Waals surface area (Å²) in [6, 6.07) is 14.8. The number of rotatable bonds is 6. The zero-order chi connectivity index (χ0) is 26.3. The minimum absolute atomic E-state index is 0.122. The molecule has 0 fully saturated rings. The fourth-order valence-corrected chi connectivity index (χ4v) is 2.92. The monoisotopic (exact) mass is 519 g/mol. The van der Waals surface area contributed by atoms with Crippen LogP contribution in [0.25, 0.3) is 0 Å². The van der Waals surface area contributed by atoms with Crippen LogP contribution in [0, 0.1) is 0 Å². The van der Waals surface area contributed by atoms with Crippen LogP contribution in [0.4, 0.5) is 18.9 Å². The Hall–Kier alpha value is -4.38. The number of benzene rings is 3. The number of ether oxygens (including phenoxy) is 2. The Kier molecular flexibility index (Phi) is 8.28. The molecule has 0 saturated carbocycles. The van der Waals surface area contributed by atoms with Gasteiger partial charge in [-0.3, -0.25) is 9.59 Å². The molecule has 2 amide bonds. The van der Waals surface area contributed by atoms with Gasteiger partial charge in [0.15, 0.2) is 0 Å². The standard InChI is InChI=1S/C24H17ClF3N3O5/c1-35-17-9-6-14(7-10-17)23(34)36-20-5-3-2-4-15(20)13-29-31-22(33)21(32)30-19-12-16(24(26,27)28)8-11-18(19)25/h2-13H,1H3,(H,30,32)(H,31,33). The van der Waals surface area contributed by atoms with Crippen LogP contribution in [0.2, 0.25) is 5.02 Å². The second-order valence-electron chi connectivity index (χ2n) is 7.00. The van der Waals surface area contributed by atoms with Crippen molar-refractivity contribution in [2.45, 2.75) is 6.18 Å². The van der Waals surface area contributed by atoms with Gasteiger partial charge in [-0.05, 0) is 54.6 Å². The van der Waals surface area contributed by atoms with Crippen molar-refractivity contribution in [1.29, 1.82) is 0 Å². The van der Waals surface area contributed by atoms with Crippen molar-refractivity contribution in [3.63, 3.8) is 0 Å². The average molecular weight is 520 g/mol. The van der Waals surface area contributed by atoms with Gasteiger partial charge in [0.25, 0.3) is 0 Å². The van der Waals surface area contributed by atoms with Gasteiger partial charge < -0.3 is 14.8 Å². The molecular weight excluding hydrogens is 503 g/mol. The van der Waals surface area contributed by atoms with Crippen molar-refractivity contribution in [1.82, 2.24) is 5.43 Å². The Morgan fingerprint density at radius 2 is 1.67 bits per heavy atom. The number of carbonyl (C=O) groups is 3. The number of hydrazone groups is 1. The molecule has 0 saturated heterocycles. The SMILES string of the molecule is COc1ccc(C(=O)Oc2ccccc2C=NNC(=O)C(=O)Nc2cc(C(F)(F)F)ccc2Cl)cc1. The number of methoxy groups -OCH3 is 1. The topological polar surface area (TPSA) is 106 Å². The summed E-state index contributed by atoms with van der Waals surface area (Å²) in [5.41, 5.74) is 1.05. The maximum atomic E-state index is 12.9. The molecule has 0 bridgehead atoms. The van der Waals surface area contributed by atoms with E-state index < -0.39 is 35.2 Å². The van der Waals surface area contributed by atoms with Gasteiger partial charge in [-0.25, -0.2) is 10.2 Å². The highest BCUT2D eigenvalue weighted by molar-refractivity contribution is 6.41. The maximum absolute atomic E-state index is 12.9. The van der Waals surface area contributed by atoms with Gasteiger partial charge in [-0.2, -0.15) is 18.3 Å². The zero-order valence-electron chi connectivity index (χ0n) is 18.4. The van der Waals surface area contributed by atoms with Gasteiger partial charge in [0, 0.05) is 5.56 Å². The fourth-order valence-electron chi connectivity index (χ4n) is 2.75. The van der Waals surface area contributed by atoms with Crippen molar-refractivity contribution in [2.75, 3.05) is 12.4 Å². The molecule has 12 heteroatoms. The first-order chi connectivity index (χ1) is 17.1. The van der Waals surface area contributed by atoms with E-state index in [0.29, 0.717) is 17.4 Å². The molecule has 0 unspecified atom stereocenters. The highest BCUT2D eigenvalue weighted by Gasteiger charge is 2.31. The molecule has 0 atom stereocenters. The predicted octanol–water partition coefficient (Wildman–Crippen LogP) is 4.68. The van der Waals surface area contributed by atoms with E-state index in [0.717, 1.165) is 18.3 Å². The summed E-state index contributed by atoms with van der Waals surface area (Å²) in [6.07, 6.45) is -3.54. The lowest BCUT2D eigenvalue weighted by molar-refractivity contribution is -0.137. The van der Waals surface area contributed by atoms with Crippen LogP contribution in [0.15, 0.2) is 71.8 Å². The van der Waals surface area contributed by atoms with Crippen LogP contribution in [0.5, 0.6) is 11.5 Å². The number of carbonyl (C=O) groups excluding carboxylic acids is 3. The number of amides is 2. The van der Waals surface area contributed by atoms with Crippen LogP contribution in [0.3, 0.4) is 0 Å². The summed E-state index contributed by atoms with van der Waals surface area (Å²) in [7, 11) is 1.49. The van der Waals surface area contributed by atoms with Gasteiger partial charge in [0.1, 0.15) is 11.5 Å². The number of anilines is 1. The van der Waals surface area contributed by atoms with Crippen LogP contribution in [0.1, 0.15) is 21.5 Å². The summed E-state index contributed by atoms with van der Waals surface area (Å²) in [4.78, 5) is 36.5. The Labute approximate surface area is 207 Å². The van der Waals surface area contributed by atoms with Gasteiger partial charge >= 0.3 is 24.0 Å². The number of nitrogens with zero attached hydrogens (tertiary/aromatic N) is 1. The Balaban J connectivity index is 1.64. The van der Waals surface area contributed by atoms with E-state index in [9.17, 15) is 27.6 Å². The maximum Gasteiger partial charge on any atom is 0.416 e. The van der Waals surface area contributed by atoms with Crippen molar-refractivity contribution in [3.8, 4) is 11.5 Å². The molecule has 0 spiro atoms. The molecule has 3 aromatic rings. The molecule has 36 heavy (non-hydrogen) atoms. The highest BCUT2D eigenvalue weighted by Crippen LogP contribution is 2.33. The summed E-state index contributed by atoms with van der Waals surface area (Å²) >= 11 is 5.81. The first-order valence-electron chi connectivity index (χ1n) is 10.0.